The summed E-state index contributed by atoms with van der Waals surface area (Å²) in [5.74, 6) is -0.271. The molecule has 4 heteroatoms. The van der Waals surface area contributed by atoms with Gasteiger partial charge in [-0.05, 0) is 0 Å². The lowest BCUT2D eigenvalue weighted by Gasteiger charge is -1.86. The lowest BCUT2D eigenvalue weighted by molar-refractivity contribution is -0.114. The fourth-order valence-electron chi connectivity index (χ4n) is 0.165. The Hall–Kier alpha value is -1.06. The second-order valence-electron chi connectivity index (χ2n) is 1.03. The first-order chi connectivity index (χ1) is 3.81. The number of amides is 1. The first-order valence-corrected chi connectivity index (χ1v) is 2.09. The molecule has 1 N–H and O–H groups in total. The topological polar surface area (TPSA) is 50.7 Å². The predicted molar refractivity (Wildman–Crippen MR) is 29.6 cm³/mol. The highest BCUT2D eigenvalue weighted by Crippen LogP contribution is 1.61. The van der Waals surface area contributed by atoms with Crippen molar-refractivity contribution in [1.29, 1.82) is 0 Å². The van der Waals surface area contributed by atoms with Crippen molar-refractivity contribution in [3.05, 3.63) is 0 Å². The molecule has 0 saturated carbocycles. The smallest absolute Gasteiger partial charge is 0.265 e. The molecule has 1 amide bonds. The first kappa shape index (κ1) is 6.94. The Morgan fingerprint density at radius 2 is 2.50 bits per heavy atom. The number of oxime groups is 1. The summed E-state index contributed by atoms with van der Waals surface area (Å²) in [5.41, 5.74) is 0. The van der Waals surface area contributed by atoms with Crippen molar-refractivity contribution in [3.63, 3.8) is 0 Å². The number of nitrogens with zero attached hydrogens (tertiary/aromatic N) is 1. The van der Waals surface area contributed by atoms with Crippen LogP contribution in [0.25, 0.3) is 0 Å². The zero-order valence-electron chi connectivity index (χ0n) is 4.84. The zero-order valence-corrected chi connectivity index (χ0v) is 4.84. The molecule has 4 nitrogen and oxygen atoms in total. The summed E-state index contributed by atoms with van der Waals surface area (Å²) in [5, 5.41) is 5.54. The maximum atomic E-state index is 10.2. The molecule has 0 unspecified atom stereocenters. The van der Waals surface area contributed by atoms with Crippen LogP contribution in [0.3, 0.4) is 0 Å². The third-order valence-electron chi connectivity index (χ3n) is 0.522. The average molecular weight is 116 g/mol. The Morgan fingerprint density at radius 3 is 2.88 bits per heavy atom. The van der Waals surface area contributed by atoms with Crippen LogP contribution in [0.2, 0.25) is 0 Å². The van der Waals surface area contributed by atoms with Crippen molar-refractivity contribution >= 4 is 12.1 Å². The van der Waals surface area contributed by atoms with Crippen molar-refractivity contribution < 1.29 is 9.63 Å². The summed E-state index contributed by atoms with van der Waals surface area (Å²) in [6.45, 7) is 0. The van der Waals surface area contributed by atoms with Gasteiger partial charge in [0.2, 0.25) is 0 Å². The van der Waals surface area contributed by atoms with Crippen molar-refractivity contribution in [1.82, 2.24) is 5.32 Å². The summed E-state index contributed by atoms with van der Waals surface area (Å²) in [6, 6.07) is 0. The molecule has 0 saturated heterocycles. The molecule has 0 fully saturated rings. The van der Waals surface area contributed by atoms with Gasteiger partial charge in [0, 0.05) is 7.05 Å². The van der Waals surface area contributed by atoms with Crippen molar-refractivity contribution in [2.45, 2.75) is 0 Å². The van der Waals surface area contributed by atoms with Crippen LogP contribution in [-0.4, -0.2) is 26.3 Å². The molecular weight excluding hydrogens is 108 g/mol. The summed E-state index contributed by atoms with van der Waals surface area (Å²) in [4.78, 5) is 14.5. The maximum absolute atomic E-state index is 10.2. The standard InChI is InChI=1S/C4H8N2O2/c1-5-4(7)3-6-8-2/h3H,1-2H3,(H,5,7)/b6-3-. The molecule has 0 radical (unpaired) electrons. The van der Waals surface area contributed by atoms with Gasteiger partial charge in [0.15, 0.2) is 0 Å². The maximum Gasteiger partial charge on any atom is 0.265 e. The van der Waals surface area contributed by atoms with E-state index in [1.807, 2.05) is 0 Å². The monoisotopic (exact) mass is 116 g/mol. The Balaban J connectivity index is 3.37. The van der Waals surface area contributed by atoms with Crippen molar-refractivity contribution in [3.8, 4) is 0 Å². The average Bonchev–Trinajstić information content (AvgIpc) is 1.83. The Bertz CT molecular complexity index is 100. The number of hydrogen-bond donors (Lipinski definition) is 1. The molecule has 0 bridgehead atoms. The minimum Gasteiger partial charge on any atom is -0.399 e. The third-order valence-corrected chi connectivity index (χ3v) is 0.522. The normalized spacial score (nSPS) is 9.25. The molecule has 0 aliphatic rings. The molecule has 0 rings (SSSR count). The molecule has 46 valence electrons. The number of carbonyl (C=O) groups is 1. The van der Waals surface area contributed by atoms with Crippen molar-refractivity contribution in [2.24, 2.45) is 5.16 Å². The van der Waals surface area contributed by atoms with Gasteiger partial charge in [0.1, 0.15) is 13.3 Å². The van der Waals surface area contributed by atoms with E-state index in [4.69, 9.17) is 0 Å². The van der Waals surface area contributed by atoms with Crippen LogP contribution in [-0.2, 0) is 9.63 Å². The van der Waals surface area contributed by atoms with E-state index in [1.54, 1.807) is 0 Å². The lowest BCUT2D eigenvalue weighted by Crippen LogP contribution is -2.18. The molecule has 0 aromatic carbocycles. The Kier molecular flexibility index (Phi) is 3.56. The van der Waals surface area contributed by atoms with Gasteiger partial charge in [-0.15, -0.1) is 0 Å². The molecule has 0 aromatic heterocycles. The van der Waals surface area contributed by atoms with E-state index in [0.717, 1.165) is 6.21 Å². The van der Waals surface area contributed by atoms with E-state index >= 15 is 0 Å². The molecular formula is C4H8N2O2. The van der Waals surface area contributed by atoms with Gasteiger partial charge in [-0.25, -0.2) is 0 Å². The minimum atomic E-state index is -0.271. The second kappa shape index (κ2) is 4.11. The van der Waals surface area contributed by atoms with Crippen LogP contribution < -0.4 is 5.32 Å². The van der Waals surface area contributed by atoms with E-state index in [1.165, 1.54) is 14.2 Å². The molecule has 0 atom stereocenters. The minimum absolute atomic E-state index is 0.271. The Morgan fingerprint density at radius 1 is 1.88 bits per heavy atom. The van der Waals surface area contributed by atoms with Gasteiger partial charge in [0.05, 0.1) is 0 Å². The number of carbonyl (C=O) groups excluding carboxylic acids is 1. The molecule has 8 heavy (non-hydrogen) atoms. The van der Waals surface area contributed by atoms with Crippen LogP contribution >= 0.6 is 0 Å². The van der Waals surface area contributed by atoms with E-state index in [-0.39, 0.29) is 5.91 Å². The van der Waals surface area contributed by atoms with Crippen LogP contribution in [0.5, 0.6) is 0 Å². The quantitative estimate of drug-likeness (QED) is 0.385. The number of rotatable bonds is 2. The summed E-state index contributed by atoms with van der Waals surface area (Å²) < 4.78 is 0. The van der Waals surface area contributed by atoms with Crippen LogP contribution in [0, 0.1) is 0 Å². The van der Waals surface area contributed by atoms with E-state index in [2.05, 4.69) is 15.3 Å². The summed E-state index contributed by atoms with van der Waals surface area (Å²) >= 11 is 0. The summed E-state index contributed by atoms with van der Waals surface area (Å²) in [6.07, 6.45) is 1.06. The molecule has 0 spiro atoms. The van der Waals surface area contributed by atoms with Crippen LogP contribution in [0.1, 0.15) is 0 Å². The second-order valence-corrected chi connectivity index (χ2v) is 1.03. The van der Waals surface area contributed by atoms with Gasteiger partial charge >= 0.3 is 0 Å². The van der Waals surface area contributed by atoms with Crippen LogP contribution in [0.4, 0.5) is 0 Å². The summed E-state index contributed by atoms with van der Waals surface area (Å²) in [7, 11) is 2.89. The number of hydrogen-bond acceptors (Lipinski definition) is 3. The Labute approximate surface area is 47.5 Å². The highest BCUT2D eigenvalue weighted by atomic mass is 16.6. The highest BCUT2D eigenvalue weighted by molar-refractivity contribution is 6.25. The molecule has 0 heterocycles. The fraction of sp³-hybridized carbons (Fsp3) is 0.500. The third kappa shape index (κ3) is 3.14. The fourth-order valence-corrected chi connectivity index (χ4v) is 0.165. The van der Waals surface area contributed by atoms with Gasteiger partial charge in [-0.1, -0.05) is 5.16 Å². The number of nitrogens with one attached hydrogen (secondary N) is 1. The van der Waals surface area contributed by atoms with Crippen molar-refractivity contribution in [2.75, 3.05) is 14.2 Å². The van der Waals surface area contributed by atoms with Gasteiger partial charge in [-0.2, -0.15) is 0 Å². The van der Waals surface area contributed by atoms with Gasteiger partial charge in [0.25, 0.3) is 5.91 Å². The molecule has 0 aromatic rings. The highest BCUT2D eigenvalue weighted by Gasteiger charge is 1.85. The van der Waals surface area contributed by atoms with E-state index in [0.29, 0.717) is 0 Å². The van der Waals surface area contributed by atoms with Gasteiger partial charge in [-0.3, -0.25) is 4.79 Å². The predicted octanol–water partition coefficient (Wildman–Crippen LogP) is -0.635. The van der Waals surface area contributed by atoms with E-state index < -0.39 is 0 Å². The molecule has 0 aliphatic carbocycles. The molecule has 0 aliphatic heterocycles. The zero-order chi connectivity index (χ0) is 6.41. The first-order valence-electron chi connectivity index (χ1n) is 2.09. The van der Waals surface area contributed by atoms with E-state index in [9.17, 15) is 4.79 Å². The lowest BCUT2D eigenvalue weighted by atomic mass is 10.7. The largest absolute Gasteiger partial charge is 0.399 e. The van der Waals surface area contributed by atoms with Gasteiger partial charge < -0.3 is 10.2 Å². The SMILES string of the molecule is CNC(=O)/C=N\OC. The van der Waals surface area contributed by atoms with Crippen LogP contribution in [0.15, 0.2) is 5.16 Å².